The van der Waals surface area contributed by atoms with Crippen LogP contribution in [0.2, 0.25) is 0 Å². The smallest absolute Gasteiger partial charge is 0.228 e. The Kier molecular flexibility index (Phi) is 3.93. The molecule has 0 saturated carbocycles. The molecule has 0 radical (unpaired) electrons. The van der Waals surface area contributed by atoms with Crippen LogP contribution < -0.4 is 11.1 Å². The van der Waals surface area contributed by atoms with Crippen LogP contribution in [-0.4, -0.2) is 17.4 Å². The van der Waals surface area contributed by atoms with Crippen LogP contribution >= 0.6 is 15.9 Å². The van der Waals surface area contributed by atoms with Crippen molar-refractivity contribution in [3.63, 3.8) is 0 Å². The van der Waals surface area contributed by atoms with E-state index in [1.54, 1.807) is 13.1 Å². The molecule has 1 amide bonds. The molecule has 1 aromatic heterocycles. The van der Waals surface area contributed by atoms with Crippen LogP contribution in [0.25, 0.3) is 10.9 Å². The van der Waals surface area contributed by atoms with Crippen molar-refractivity contribution in [2.24, 2.45) is 11.7 Å². The monoisotopic (exact) mass is 307 g/mol. The molecule has 3 N–H and O–H groups in total. The van der Waals surface area contributed by atoms with Gasteiger partial charge in [-0.05, 0) is 28.1 Å². The molecule has 18 heavy (non-hydrogen) atoms. The lowest BCUT2D eigenvalue weighted by atomic mass is 10.1. The Hall–Kier alpha value is -1.46. The highest BCUT2D eigenvalue weighted by atomic mass is 79.9. The summed E-state index contributed by atoms with van der Waals surface area (Å²) in [5.41, 5.74) is 6.97. The number of amides is 1. The summed E-state index contributed by atoms with van der Waals surface area (Å²) >= 11 is 3.38. The van der Waals surface area contributed by atoms with Crippen molar-refractivity contribution < 1.29 is 4.79 Å². The first-order chi connectivity index (χ1) is 8.61. The maximum Gasteiger partial charge on any atom is 0.228 e. The number of aromatic nitrogens is 1. The van der Waals surface area contributed by atoms with Crippen LogP contribution in [0.3, 0.4) is 0 Å². The van der Waals surface area contributed by atoms with E-state index < -0.39 is 0 Å². The topological polar surface area (TPSA) is 68.0 Å². The fourth-order valence-electron chi connectivity index (χ4n) is 1.60. The van der Waals surface area contributed by atoms with Gasteiger partial charge in [0.25, 0.3) is 0 Å². The fourth-order valence-corrected chi connectivity index (χ4v) is 1.95. The molecule has 2 aromatic rings. The molecule has 94 valence electrons. The Balaban J connectivity index is 2.37. The van der Waals surface area contributed by atoms with Crippen molar-refractivity contribution in [3.8, 4) is 0 Å². The van der Waals surface area contributed by atoms with E-state index in [1.165, 1.54) is 0 Å². The van der Waals surface area contributed by atoms with Crippen molar-refractivity contribution >= 4 is 38.4 Å². The van der Waals surface area contributed by atoms with E-state index in [9.17, 15) is 4.79 Å². The number of carbonyl (C=O) groups is 1. The minimum absolute atomic E-state index is 0.0882. The van der Waals surface area contributed by atoms with Crippen LogP contribution in [0.4, 0.5) is 5.69 Å². The van der Waals surface area contributed by atoms with Crippen LogP contribution in [0.5, 0.6) is 0 Å². The first-order valence-electron chi connectivity index (χ1n) is 5.67. The van der Waals surface area contributed by atoms with Crippen molar-refractivity contribution in [1.82, 2.24) is 4.98 Å². The number of hydrogen-bond acceptors (Lipinski definition) is 3. The molecule has 1 unspecified atom stereocenters. The highest BCUT2D eigenvalue weighted by Gasteiger charge is 2.12. The maximum absolute atomic E-state index is 11.8. The van der Waals surface area contributed by atoms with Gasteiger partial charge in [0.1, 0.15) is 0 Å². The third-order valence-electron chi connectivity index (χ3n) is 2.74. The van der Waals surface area contributed by atoms with Crippen LogP contribution in [0, 0.1) is 5.92 Å². The number of anilines is 1. The number of fused-ring (bicyclic) bond motifs is 1. The number of nitrogens with one attached hydrogen (secondary N) is 1. The van der Waals surface area contributed by atoms with Gasteiger partial charge in [0.15, 0.2) is 0 Å². The average Bonchev–Trinajstić information content (AvgIpc) is 2.37. The SMILES string of the molecule is CC(CN)C(=O)Nc1cccc2cc(Br)cnc12. The second kappa shape index (κ2) is 5.46. The van der Waals surface area contributed by atoms with Gasteiger partial charge in [-0.15, -0.1) is 0 Å². The molecule has 4 nitrogen and oxygen atoms in total. The third kappa shape index (κ3) is 2.68. The normalized spacial score (nSPS) is 12.4. The molecule has 5 heteroatoms. The van der Waals surface area contributed by atoms with E-state index in [0.29, 0.717) is 12.2 Å². The Labute approximate surface area is 114 Å². The number of carbonyl (C=O) groups excluding carboxylic acids is 1. The van der Waals surface area contributed by atoms with E-state index in [4.69, 9.17) is 5.73 Å². The first-order valence-corrected chi connectivity index (χ1v) is 6.46. The lowest BCUT2D eigenvalue weighted by molar-refractivity contribution is -0.119. The molecule has 1 atom stereocenters. The van der Waals surface area contributed by atoms with Crippen LogP contribution in [-0.2, 0) is 4.79 Å². The highest BCUT2D eigenvalue weighted by molar-refractivity contribution is 9.10. The molecular weight excluding hydrogens is 294 g/mol. The van der Waals surface area contributed by atoms with E-state index in [-0.39, 0.29) is 11.8 Å². The Morgan fingerprint density at radius 3 is 3.06 bits per heavy atom. The fraction of sp³-hybridized carbons (Fsp3) is 0.231. The number of nitrogens with zero attached hydrogens (tertiary/aromatic N) is 1. The minimum Gasteiger partial charge on any atom is -0.330 e. The maximum atomic E-state index is 11.8. The largest absolute Gasteiger partial charge is 0.330 e. The predicted octanol–water partition coefficient (Wildman–Crippen LogP) is 2.53. The standard InChI is InChI=1S/C13H14BrN3O/c1-8(6-15)13(18)17-11-4-2-3-9-5-10(14)7-16-12(9)11/h2-5,7-8H,6,15H2,1H3,(H,17,18). The van der Waals surface area contributed by atoms with E-state index in [0.717, 1.165) is 15.4 Å². The molecule has 0 spiro atoms. The van der Waals surface area contributed by atoms with Gasteiger partial charge in [-0.2, -0.15) is 0 Å². The highest BCUT2D eigenvalue weighted by Crippen LogP contribution is 2.24. The number of rotatable bonds is 3. The van der Waals surface area contributed by atoms with Gasteiger partial charge in [0, 0.05) is 28.5 Å². The van der Waals surface area contributed by atoms with Gasteiger partial charge < -0.3 is 11.1 Å². The van der Waals surface area contributed by atoms with Crippen LogP contribution in [0.1, 0.15) is 6.92 Å². The molecule has 2 rings (SSSR count). The molecule has 0 fully saturated rings. The zero-order valence-electron chi connectivity index (χ0n) is 9.98. The minimum atomic E-state index is -0.212. The lowest BCUT2D eigenvalue weighted by Gasteiger charge is -2.11. The summed E-state index contributed by atoms with van der Waals surface area (Å²) in [5, 5.41) is 3.83. The molecule has 0 aliphatic heterocycles. The summed E-state index contributed by atoms with van der Waals surface area (Å²) in [5.74, 6) is -0.301. The molecule has 0 aliphatic rings. The number of para-hydroxylation sites is 1. The summed E-state index contributed by atoms with van der Waals surface area (Å²) in [6.07, 6.45) is 1.71. The van der Waals surface area contributed by atoms with Crippen molar-refractivity contribution in [2.45, 2.75) is 6.92 Å². The van der Waals surface area contributed by atoms with E-state index in [1.807, 2.05) is 24.3 Å². The molecule has 1 aromatic carbocycles. The zero-order valence-corrected chi connectivity index (χ0v) is 11.6. The number of benzene rings is 1. The Morgan fingerprint density at radius 1 is 1.56 bits per heavy atom. The number of halogens is 1. The van der Waals surface area contributed by atoms with Gasteiger partial charge in [0.05, 0.1) is 11.2 Å². The lowest BCUT2D eigenvalue weighted by Crippen LogP contribution is -2.26. The molecule has 1 heterocycles. The Morgan fingerprint density at radius 2 is 2.33 bits per heavy atom. The van der Waals surface area contributed by atoms with Crippen molar-refractivity contribution in [2.75, 3.05) is 11.9 Å². The summed E-state index contributed by atoms with van der Waals surface area (Å²) < 4.78 is 0.911. The number of pyridine rings is 1. The van der Waals surface area contributed by atoms with Gasteiger partial charge in [-0.3, -0.25) is 9.78 Å². The van der Waals surface area contributed by atoms with E-state index in [2.05, 4.69) is 26.2 Å². The van der Waals surface area contributed by atoms with Gasteiger partial charge in [-0.1, -0.05) is 19.1 Å². The molecule has 0 bridgehead atoms. The van der Waals surface area contributed by atoms with E-state index >= 15 is 0 Å². The van der Waals surface area contributed by atoms with Gasteiger partial charge in [0.2, 0.25) is 5.91 Å². The third-order valence-corrected chi connectivity index (χ3v) is 3.17. The Bertz CT molecular complexity index is 585. The second-order valence-corrected chi connectivity index (χ2v) is 5.07. The predicted molar refractivity (Wildman–Crippen MR) is 76.3 cm³/mol. The van der Waals surface area contributed by atoms with Crippen molar-refractivity contribution in [3.05, 3.63) is 34.9 Å². The quantitative estimate of drug-likeness (QED) is 0.915. The van der Waals surface area contributed by atoms with Gasteiger partial charge >= 0.3 is 0 Å². The summed E-state index contributed by atoms with van der Waals surface area (Å²) in [4.78, 5) is 16.2. The summed E-state index contributed by atoms with van der Waals surface area (Å²) in [7, 11) is 0. The zero-order chi connectivity index (χ0) is 13.1. The summed E-state index contributed by atoms with van der Waals surface area (Å²) in [6.45, 7) is 2.13. The molecule has 0 saturated heterocycles. The number of hydrogen-bond donors (Lipinski definition) is 2. The second-order valence-electron chi connectivity index (χ2n) is 4.16. The first kappa shape index (κ1) is 13.0. The molecule has 0 aliphatic carbocycles. The van der Waals surface area contributed by atoms with Crippen molar-refractivity contribution in [1.29, 1.82) is 0 Å². The average molecular weight is 308 g/mol. The number of nitrogens with two attached hydrogens (primary N) is 1. The molecular formula is C13H14BrN3O. The van der Waals surface area contributed by atoms with Crippen LogP contribution in [0.15, 0.2) is 34.9 Å². The van der Waals surface area contributed by atoms with Gasteiger partial charge in [-0.25, -0.2) is 0 Å². The summed E-state index contributed by atoms with van der Waals surface area (Å²) in [6, 6.07) is 7.64.